The van der Waals surface area contributed by atoms with Gasteiger partial charge in [0.25, 0.3) is 0 Å². The van der Waals surface area contributed by atoms with Gasteiger partial charge in [0.15, 0.2) is 5.11 Å². The molecule has 0 aliphatic carbocycles. The summed E-state index contributed by atoms with van der Waals surface area (Å²) in [5.74, 6) is 1.69. The number of anilines is 2. The van der Waals surface area contributed by atoms with Gasteiger partial charge in [-0.2, -0.15) is 13.1 Å². The van der Waals surface area contributed by atoms with Gasteiger partial charge in [0.1, 0.15) is 11.5 Å². The second kappa shape index (κ2) is 16.3. The Hall–Kier alpha value is -1.71. The van der Waals surface area contributed by atoms with Crippen LogP contribution >= 0.6 is 12.2 Å². The van der Waals surface area contributed by atoms with E-state index in [4.69, 9.17) is 21.7 Å². The molecule has 0 aromatic heterocycles. The number of hydrogen-bond donors (Lipinski definition) is 2. The van der Waals surface area contributed by atoms with E-state index in [1.807, 2.05) is 76.2 Å². The Labute approximate surface area is 186 Å². The summed E-state index contributed by atoms with van der Waals surface area (Å²) >= 11 is 5.30. The molecule has 2 rings (SSSR count). The number of benzene rings is 2. The first kappa shape index (κ1) is 26.3. The minimum absolute atomic E-state index is 0. The van der Waals surface area contributed by atoms with Crippen LogP contribution in [-0.4, -0.2) is 31.4 Å². The summed E-state index contributed by atoms with van der Waals surface area (Å²) in [7, 11) is 0. The number of nitrogens with one attached hydrogen (secondary N) is 2. The quantitative estimate of drug-likeness (QED) is 0.532. The molecule has 148 valence electrons. The summed E-state index contributed by atoms with van der Waals surface area (Å²) in [6.07, 6.45) is 0. The van der Waals surface area contributed by atoms with Crippen LogP contribution in [0.2, 0.25) is 0 Å². The molecule has 0 saturated carbocycles. The van der Waals surface area contributed by atoms with Crippen LogP contribution in [0.25, 0.3) is 5.32 Å². The second-order valence-electron chi connectivity index (χ2n) is 5.35. The predicted molar refractivity (Wildman–Crippen MR) is 120 cm³/mol. The Bertz CT molecular complexity index is 596. The zero-order chi connectivity index (χ0) is 19.9. The first-order valence-electron chi connectivity index (χ1n) is 9.29. The normalized spacial score (nSPS) is 9.29. The summed E-state index contributed by atoms with van der Waals surface area (Å²) in [6, 6.07) is 15.3. The van der Waals surface area contributed by atoms with Crippen molar-refractivity contribution in [3.63, 3.8) is 0 Å². The third-order valence-electron chi connectivity index (χ3n) is 3.29. The van der Waals surface area contributed by atoms with Crippen LogP contribution in [0.1, 0.15) is 27.7 Å². The van der Waals surface area contributed by atoms with Crippen LogP contribution < -0.4 is 39.0 Å². The summed E-state index contributed by atoms with van der Waals surface area (Å²) in [6.45, 7) is 11.3. The van der Waals surface area contributed by atoms with E-state index in [-0.39, 0.29) is 18.9 Å². The van der Waals surface area contributed by atoms with E-state index in [1.54, 1.807) is 0 Å². The number of hydrogen-bond acceptors (Lipinski definition) is 3. The van der Waals surface area contributed by atoms with Gasteiger partial charge >= 0.3 is 18.9 Å². The van der Waals surface area contributed by atoms with Crippen molar-refractivity contribution in [2.24, 2.45) is 0 Å². The van der Waals surface area contributed by atoms with E-state index < -0.39 is 0 Å². The number of thiocarbonyl (C=S) groups is 1. The van der Waals surface area contributed by atoms with E-state index in [0.717, 1.165) is 36.0 Å². The number of rotatable bonds is 8. The molecule has 28 heavy (non-hydrogen) atoms. The average Bonchev–Trinajstić information content (AvgIpc) is 2.66. The minimum atomic E-state index is 0. The van der Waals surface area contributed by atoms with Crippen molar-refractivity contribution in [3.8, 4) is 11.5 Å². The molecule has 0 aliphatic rings. The van der Waals surface area contributed by atoms with Crippen LogP contribution in [0.3, 0.4) is 0 Å². The maximum Gasteiger partial charge on any atom is 1.00 e. The minimum Gasteiger partial charge on any atom is -0.663 e. The van der Waals surface area contributed by atoms with Crippen molar-refractivity contribution in [3.05, 3.63) is 53.8 Å². The van der Waals surface area contributed by atoms with Crippen LogP contribution in [0.4, 0.5) is 11.4 Å². The Morgan fingerprint density at radius 1 is 0.750 bits per heavy atom. The largest absolute Gasteiger partial charge is 1.00 e. The van der Waals surface area contributed by atoms with Gasteiger partial charge in [-0.1, -0.05) is 13.8 Å². The van der Waals surface area contributed by atoms with Crippen LogP contribution in [0.15, 0.2) is 48.5 Å². The van der Waals surface area contributed by atoms with Crippen molar-refractivity contribution < 1.29 is 28.3 Å². The zero-order valence-corrected chi connectivity index (χ0v) is 18.4. The fourth-order valence-corrected chi connectivity index (χ4v) is 2.36. The van der Waals surface area contributed by atoms with Crippen molar-refractivity contribution in [1.82, 2.24) is 0 Å². The fourth-order valence-electron chi connectivity index (χ4n) is 2.12. The molecule has 0 spiro atoms. The van der Waals surface area contributed by atoms with Gasteiger partial charge in [-0.3, -0.25) is 0 Å². The molecular weight excluding hydrogens is 365 g/mol. The molecule has 0 aliphatic heterocycles. The molecule has 0 heterocycles. The van der Waals surface area contributed by atoms with Crippen molar-refractivity contribution in [2.75, 3.05) is 36.9 Å². The fraction of sp³-hybridized carbons (Fsp3) is 0.381. The van der Waals surface area contributed by atoms with E-state index in [9.17, 15) is 0 Å². The Kier molecular flexibility index (Phi) is 15.3. The molecular formula is C21H30LiN3O2S. The summed E-state index contributed by atoms with van der Waals surface area (Å²) in [5, 5.41) is 10.8. The zero-order valence-electron chi connectivity index (χ0n) is 17.6. The topological polar surface area (TPSA) is 56.6 Å². The van der Waals surface area contributed by atoms with E-state index in [2.05, 4.69) is 16.0 Å². The molecule has 0 atom stereocenters. The molecule has 0 radical (unpaired) electrons. The molecule has 0 unspecified atom stereocenters. The third kappa shape index (κ3) is 11.2. The van der Waals surface area contributed by atoms with Gasteiger partial charge < -0.3 is 25.4 Å². The van der Waals surface area contributed by atoms with Gasteiger partial charge in [0, 0.05) is 11.4 Å². The average molecular weight is 395 g/mol. The van der Waals surface area contributed by atoms with Gasteiger partial charge in [-0.25, -0.2) is 0 Å². The molecule has 2 aromatic carbocycles. The molecule has 0 saturated heterocycles. The maximum absolute atomic E-state index is 5.40. The van der Waals surface area contributed by atoms with E-state index in [0.29, 0.717) is 18.3 Å². The smallest absolute Gasteiger partial charge is 0.663 e. The van der Waals surface area contributed by atoms with Crippen LogP contribution in [0.5, 0.6) is 11.5 Å². The summed E-state index contributed by atoms with van der Waals surface area (Å²) in [5.41, 5.74) is 1.82. The molecule has 0 amide bonds. The molecule has 0 fully saturated rings. The maximum atomic E-state index is 5.40. The SMILES string of the molecule is CCOc1ccc(NC(=S)Nc2ccc(OCC)cc2)cc1.CC[N-]CC.[Li+]. The van der Waals surface area contributed by atoms with Crippen LogP contribution in [-0.2, 0) is 0 Å². The second-order valence-corrected chi connectivity index (χ2v) is 5.76. The standard InChI is InChI=1S/C17H20N2O2S.C4H10N.Li/c1-3-20-15-9-5-13(6-10-15)18-17(22)19-14-7-11-16(12-8-14)21-4-2;1-3-5-4-2;/h5-12H,3-4H2,1-2H3,(H2,18,19,22);3-4H2,1-2H3;/q;-1;+1. The summed E-state index contributed by atoms with van der Waals surface area (Å²) in [4.78, 5) is 0. The number of ether oxygens (including phenoxy) is 2. The molecule has 2 N–H and O–H groups in total. The van der Waals surface area contributed by atoms with Crippen molar-refractivity contribution in [2.45, 2.75) is 27.7 Å². The van der Waals surface area contributed by atoms with Gasteiger partial charge in [-0.15, -0.1) is 0 Å². The van der Waals surface area contributed by atoms with Crippen molar-refractivity contribution >= 4 is 28.7 Å². The molecule has 5 nitrogen and oxygen atoms in total. The molecule has 2 aromatic rings. The first-order valence-corrected chi connectivity index (χ1v) is 9.70. The molecule has 7 heteroatoms. The Morgan fingerprint density at radius 2 is 1.11 bits per heavy atom. The van der Waals surface area contributed by atoms with Gasteiger partial charge in [-0.05, 0) is 74.6 Å². The van der Waals surface area contributed by atoms with Crippen LogP contribution in [0, 0.1) is 0 Å². The Balaban J connectivity index is 0.00000108. The number of nitrogens with zero attached hydrogens (tertiary/aromatic N) is 1. The molecule has 0 bridgehead atoms. The third-order valence-corrected chi connectivity index (χ3v) is 3.50. The summed E-state index contributed by atoms with van der Waals surface area (Å²) < 4.78 is 10.8. The Morgan fingerprint density at radius 3 is 1.36 bits per heavy atom. The predicted octanol–water partition coefficient (Wildman–Crippen LogP) is 2.70. The monoisotopic (exact) mass is 395 g/mol. The van der Waals surface area contributed by atoms with E-state index in [1.165, 1.54) is 0 Å². The van der Waals surface area contributed by atoms with Gasteiger partial charge in [0.2, 0.25) is 0 Å². The van der Waals surface area contributed by atoms with Crippen molar-refractivity contribution in [1.29, 1.82) is 0 Å². The van der Waals surface area contributed by atoms with Gasteiger partial charge in [0.05, 0.1) is 13.2 Å². The first-order chi connectivity index (χ1) is 13.1. The van der Waals surface area contributed by atoms with E-state index >= 15 is 0 Å².